The number of carbonyl (C=O) groups is 2. The number of aryl methyl sites for hydroxylation is 3. The molecule has 0 aromatic heterocycles. The molecule has 0 aliphatic heterocycles. The SMILES string of the molecule is CNC(=O)[C@H](C)N(Cc1cccc(Cl)c1)C(=O)CN(c1cc(C)cc(C)c1)S(=O)(=O)c1ccc(C)cc1. The average molecular weight is 542 g/mol. The molecular formula is C28H32ClN3O4S. The minimum absolute atomic E-state index is 0.0748. The molecule has 1 N–H and O–H groups in total. The highest BCUT2D eigenvalue weighted by Gasteiger charge is 2.32. The molecule has 0 radical (unpaired) electrons. The Morgan fingerprint density at radius 1 is 0.919 bits per heavy atom. The lowest BCUT2D eigenvalue weighted by molar-refractivity contribution is -0.139. The minimum Gasteiger partial charge on any atom is -0.357 e. The van der Waals surface area contributed by atoms with E-state index in [2.05, 4.69) is 5.32 Å². The quantitative estimate of drug-likeness (QED) is 0.428. The van der Waals surface area contributed by atoms with E-state index in [4.69, 9.17) is 11.6 Å². The fourth-order valence-corrected chi connectivity index (χ4v) is 5.70. The van der Waals surface area contributed by atoms with Crippen LogP contribution in [0, 0.1) is 20.8 Å². The van der Waals surface area contributed by atoms with Crippen molar-refractivity contribution < 1.29 is 18.0 Å². The van der Waals surface area contributed by atoms with Crippen molar-refractivity contribution in [3.63, 3.8) is 0 Å². The van der Waals surface area contributed by atoms with Crippen molar-refractivity contribution >= 4 is 39.1 Å². The Bertz CT molecular complexity index is 1370. The number of nitrogens with one attached hydrogen (secondary N) is 1. The lowest BCUT2D eigenvalue weighted by Crippen LogP contribution is -2.50. The van der Waals surface area contributed by atoms with Crippen LogP contribution in [0.3, 0.4) is 0 Å². The first kappa shape index (κ1) is 28.2. The first-order chi connectivity index (χ1) is 17.4. The zero-order valence-electron chi connectivity index (χ0n) is 21.7. The third-order valence-corrected chi connectivity index (χ3v) is 8.06. The molecule has 37 heavy (non-hydrogen) atoms. The topological polar surface area (TPSA) is 86.8 Å². The highest BCUT2D eigenvalue weighted by Crippen LogP contribution is 2.27. The maximum atomic E-state index is 13.8. The van der Waals surface area contributed by atoms with Gasteiger partial charge in [0, 0.05) is 18.6 Å². The zero-order valence-corrected chi connectivity index (χ0v) is 23.2. The van der Waals surface area contributed by atoms with Crippen LogP contribution >= 0.6 is 11.6 Å². The van der Waals surface area contributed by atoms with Crippen LogP contribution in [0.2, 0.25) is 5.02 Å². The number of likely N-dealkylation sites (N-methyl/N-ethyl adjacent to an activating group) is 1. The number of carbonyl (C=O) groups excluding carboxylic acids is 2. The third kappa shape index (κ3) is 6.90. The predicted molar refractivity (Wildman–Crippen MR) is 147 cm³/mol. The molecule has 3 aromatic rings. The molecule has 0 unspecified atom stereocenters. The Morgan fingerprint density at radius 2 is 1.54 bits per heavy atom. The molecule has 0 aliphatic carbocycles. The van der Waals surface area contributed by atoms with Gasteiger partial charge in [-0.05, 0) is 80.8 Å². The van der Waals surface area contributed by atoms with Crippen molar-refractivity contribution in [3.8, 4) is 0 Å². The minimum atomic E-state index is -4.10. The van der Waals surface area contributed by atoms with Gasteiger partial charge in [-0.25, -0.2) is 8.42 Å². The summed E-state index contributed by atoms with van der Waals surface area (Å²) in [5.41, 5.74) is 3.74. The molecule has 2 amide bonds. The van der Waals surface area contributed by atoms with Gasteiger partial charge in [0.05, 0.1) is 10.6 Å². The molecule has 0 saturated carbocycles. The summed E-state index contributed by atoms with van der Waals surface area (Å²) in [6.45, 7) is 6.81. The fraction of sp³-hybridized carbons (Fsp3) is 0.286. The van der Waals surface area contributed by atoms with Crippen LogP contribution in [0.1, 0.15) is 29.2 Å². The van der Waals surface area contributed by atoms with Crippen LogP contribution in [-0.4, -0.2) is 44.8 Å². The Balaban J connectivity index is 2.07. The van der Waals surface area contributed by atoms with Crippen molar-refractivity contribution in [1.29, 1.82) is 0 Å². The van der Waals surface area contributed by atoms with Gasteiger partial charge >= 0.3 is 0 Å². The average Bonchev–Trinajstić information content (AvgIpc) is 2.84. The van der Waals surface area contributed by atoms with Crippen molar-refractivity contribution in [2.75, 3.05) is 17.9 Å². The molecule has 3 rings (SSSR count). The lowest BCUT2D eigenvalue weighted by atomic mass is 10.1. The van der Waals surface area contributed by atoms with E-state index in [9.17, 15) is 18.0 Å². The molecule has 7 nitrogen and oxygen atoms in total. The Kier molecular flexibility index (Phi) is 8.99. The predicted octanol–water partition coefficient (Wildman–Crippen LogP) is 4.62. The molecule has 9 heteroatoms. The summed E-state index contributed by atoms with van der Waals surface area (Å²) in [5.74, 6) is -0.888. The second kappa shape index (κ2) is 11.8. The summed E-state index contributed by atoms with van der Waals surface area (Å²) in [4.78, 5) is 27.8. The molecule has 0 fully saturated rings. The number of amides is 2. The summed E-state index contributed by atoms with van der Waals surface area (Å²) in [6, 6.07) is 18.0. The van der Waals surface area contributed by atoms with Crippen LogP contribution in [-0.2, 0) is 26.2 Å². The Labute approximate surface area is 224 Å². The van der Waals surface area contributed by atoms with Crippen molar-refractivity contribution in [3.05, 3.63) is 94.0 Å². The van der Waals surface area contributed by atoms with Gasteiger partial charge in [-0.3, -0.25) is 13.9 Å². The summed E-state index contributed by atoms with van der Waals surface area (Å²) in [6.07, 6.45) is 0. The van der Waals surface area contributed by atoms with E-state index in [1.165, 1.54) is 24.1 Å². The molecular weight excluding hydrogens is 510 g/mol. The number of nitrogens with zero attached hydrogens (tertiary/aromatic N) is 2. The van der Waals surface area contributed by atoms with Gasteiger partial charge in [0.15, 0.2) is 0 Å². The summed E-state index contributed by atoms with van der Waals surface area (Å²) >= 11 is 6.14. The maximum Gasteiger partial charge on any atom is 0.264 e. The van der Waals surface area contributed by atoms with Crippen LogP contribution < -0.4 is 9.62 Å². The molecule has 196 valence electrons. The van der Waals surface area contributed by atoms with E-state index >= 15 is 0 Å². The Hall–Kier alpha value is -3.36. The van der Waals surface area contributed by atoms with Crippen molar-refractivity contribution in [1.82, 2.24) is 10.2 Å². The van der Waals surface area contributed by atoms with E-state index in [-0.39, 0.29) is 17.3 Å². The number of hydrogen-bond donors (Lipinski definition) is 1. The van der Waals surface area contributed by atoms with Gasteiger partial charge in [0.25, 0.3) is 10.0 Å². The van der Waals surface area contributed by atoms with Crippen molar-refractivity contribution in [2.24, 2.45) is 0 Å². The summed E-state index contributed by atoms with van der Waals surface area (Å²) in [5, 5.41) is 3.06. The molecule has 0 spiro atoms. The highest BCUT2D eigenvalue weighted by molar-refractivity contribution is 7.92. The fourth-order valence-electron chi connectivity index (χ4n) is 4.08. The number of benzene rings is 3. The zero-order chi connectivity index (χ0) is 27.3. The first-order valence-corrected chi connectivity index (χ1v) is 13.7. The first-order valence-electron chi connectivity index (χ1n) is 11.9. The normalized spacial score (nSPS) is 12.1. The van der Waals surface area contributed by atoms with Gasteiger partial charge in [-0.1, -0.05) is 47.5 Å². The second-order valence-corrected chi connectivity index (χ2v) is 11.4. The lowest BCUT2D eigenvalue weighted by Gasteiger charge is -2.32. The van der Waals surface area contributed by atoms with Gasteiger partial charge in [0.2, 0.25) is 11.8 Å². The van der Waals surface area contributed by atoms with Crippen LogP contribution in [0.5, 0.6) is 0 Å². The van der Waals surface area contributed by atoms with Crippen molar-refractivity contribution in [2.45, 2.75) is 45.2 Å². The number of hydrogen-bond acceptors (Lipinski definition) is 4. The number of rotatable bonds is 9. The molecule has 0 saturated heterocycles. The summed E-state index contributed by atoms with van der Waals surface area (Å²) < 4.78 is 28.8. The monoisotopic (exact) mass is 541 g/mol. The third-order valence-electron chi connectivity index (χ3n) is 6.04. The standard InChI is InChI=1S/C28H32ClN3O4S/c1-19-9-11-26(12-10-19)37(35,36)32(25-14-20(2)13-21(3)15-25)18-27(33)31(22(4)28(34)30-5)17-23-7-6-8-24(29)16-23/h6-16,22H,17-18H2,1-5H3,(H,30,34)/t22-/m0/s1. The highest BCUT2D eigenvalue weighted by atomic mass is 35.5. The number of sulfonamides is 1. The van der Waals surface area contributed by atoms with E-state index in [0.717, 1.165) is 26.6 Å². The van der Waals surface area contributed by atoms with E-state index in [0.29, 0.717) is 10.7 Å². The molecule has 0 heterocycles. The van der Waals surface area contributed by atoms with E-state index in [1.807, 2.05) is 26.8 Å². The van der Waals surface area contributed by atoms with E-state index in [1.54, 1.807) is 55.5 Å². The molecule has 1 atom stereocenters. The van der Waals surface area contributed by atoms with Gasteiger partial charge in [-0.2, -0.15) is 0 Å². The van der Waals surface area contributed by atoms with Gasteiger partial charge in [0.1, 0.15) is 12.6 Å². The van der Waals surface area contributed by atoms with Gasteiger partial charge in [-0.15, -0.1) is 0 Å². The smallest absolute Gasteiger partial charge is 0.264 e. The Morgan fingerprint density at radius 3 is 2.11 bits per heavy atom. The van der Waals surface area contributed by atoms with Crippen LogP contribution in [0.25, 0.3) is 0 Å². The molecule has 0 aliphatic rings. The number of anilines is 1. The summed E-state index contributed by atoms with van der Waals surface area (Å²) in [7, 11) is -2.61. The second-order valence-electron chi connectivity index (χ2n) is 9.11. The van der Waals surface area contributed by atoms with E-state index < -0.39 is 28.5 Å². The number of halogens is 1. The van der Waals surface area contributed by atoms with Crippen LogP contribution in [0.15, 0.2) is 71.6 Å². The van der Waals surface area contributed by atoms with Gasteiger partial charge < -0.3 is 10.2 Å². The molecule has 0 bridgehead atoms. The maximum absolute atomic E-state index is 13.8. The molecule has 3 aromatic carbocycles. The largest absolute Gasteiger partial charge is 0.357 e. The van der Waals surface area contributed by atoms with Crippen LogP contribution in [0.4, 0.5) is 5.69 Å².